The number of rotatable bonds is 5. The van der Waals surface area contributed by atoms with E-state index in [1.165, 1.54) is 32.5 Å². The van der Waals surface area contributed by atoms with Crippen LogP contribution < -0.4 is 5.32 Å². The molecule has 102 valence electrons. The highest BCUT2D eigenvalue weighted by Gasteiger charge is 2.17. The van der Waals surface area contributed by atoms with Gasteiger partial charge in [-0.3, -0.25) is 4.90 Å². The zero-order valence-electron chi connectivity index (χ0n) is 11.8. The lowest BCUT2D eigenvalue weighted by Gasteiger charge is -2.29. The molecule has 1 fully saturated rings. The van der Waals surface area contributed by atoms with Crippen molar-refractivity contribution in [2.45, 2.75) is 33.2 Å². The summed E-state index contributed by atoms with van der Waals surface area (Å²) in [7, 11) is 2.04. The van der Waals surface area contributed by atoms with Crippen molar-refractivity contribution in [3.8, 4) is 0 Å². The Labute approximate surface area is 110 Å². The fourth-order valence-electron chi connectivity index (χ4n) is 2.52. The summed E-state index contributed by atoms with van der Waals surface area (Å²) >= 11 is 0. The summed E-state index contributed by atoms with van der Waals surface area (Å²) < 4.78 is 2.09. The third kappa shape index (κ3) is 3.29. The van der Waals surface area contributed by atoms with Crippen LogP contribution in [0.4, 0.5) is 0 Å². The number of hydrogen-bond acceptors (Lipinski definition) is 4. The Kier molecular flexibility index (Phi) is 4.72. The second-order valence-electron chi connectivity index (χ2n) is 5.24. The molecule has 2 heterocycles. The third-order valence-corrected chi connectivity index (χ3v) is 3.97. The molecule has 1 aromatic heterocycles. The second kappa shape index (κ2) is 6.29. The molecule has 1 aromatic rings. The van der Waals surface area contributed by atoms with Crippen LogP contribution in [-0.4, -0.2) is 45.8 Å². The van der Waals surface area contributed by atoms with Gasteiger partial charge in [-0.15, -0.1) is 10.2 Å². The average Bonchev–Trinajstić information content (AvgIpc) is 2.71. The van der Waals surface area contributed by atoms with E-state index in [1.54, 1.807) is 0 Å². The van der Waals surface area contributed by atoms with Gasteiger partial charge in [-0.25, -0.2) is 0 Å². The Hall–Kier alpha value is -0.940. The predicted octanol–water partition coefficient (Wildman–Crippen LogP) is 0.945. The number of piperidine rings is 1. The van der Waals surface area contributed by atoms with E-state index >= 15 is 0 Å². The van der Waals surface area contributed by atoms with Gasteiger partial charge in [0.2, 0.25) is 0 Å². The lowest BCUT2D eigenvalue weighted by atomic mass is 9.97. The van der Waals surface area contributed by atoms with Crippen molar-refractivity contribution in [2.75, 3.05) is 26.2 Å². The molecule has 18 heavy (non-hydrogen) atoms. The Balaban J connectivity index is 1.90. The molecule has 0 aliphatic carbocycles. The monoisotopic (exact) mass is 251 g/mol. The number of nitrogens with zero attached hydrogens (tertiary/aromatic N) is 4. The molecule has 1 aliphatic rings. The van der Waals surface area contributed by atoms with Crippen molar-refractivity contribution in [3.63, 3.8) is 0 Å². The highest BCUT2D eigenvalue weighted by atomic mass is 15.3. The van der Waals surface area contributed by atoms with Gasteiger partial charge in [0.1, 0.15) is 11.6 Å². The molecule has 1 N–H and O–H groups in total. The molecule has 0 amide bonds. The second-order valence-corrected chi connectivity index (χ2v) is 5.24. The van der Waals surface area contributed by atoms with Gasteiger partial charge in [0.05, 0.1) is 6.54 Å². The minimum absolute atomic E-state index is 0.834. The van der Waals surface area contributed by atoms with Crippen LogP contribution in [0.3, 0.4) is 0 Å². The first kappa shape index (κ1) is 13.5. The van der Waals surface area contributed by atoms with E-state index in [2.05, 4.69) is 31.9 Å². The molecule has 0 spiro atoms. The van der Waals surface area contributed by atoms with Crippen molar-refractivity contribution < 1.29 is 0 Å². The highest BCUT2D eigenvalue weighted by Crippen LogP contribution is 2.14. The van der Waals surface area contributed by atoms with Gasteiger partial charge in [-0.05, 0) is 45.3 Å². The minimum atomic E-state index is 0.834. The molecule has 0 saturated carbocycles. The summed E-state index contributed by atoms with van der Waals surface area (Å²) in [5, 5.41) is 11.8. The summed E-state index contributed by atoms with van der Waals surface area (Å²) in [5.41, 5.74) is 0. The normalized spacial score (nSPS) is 17.6. The van der Waals surface area contributed by atoms with Crippen molar-refractivity contribution in [1.29, 1.82) is 0 Å². The van der Waals surface area contributed by atoms with E-state index in [0.29, 0.717) is 0 Å². The molecule has 1 saturated heterocycles. The molecule has 0 atom stereocenters. The van der Waals surface area contributed by atoms with E-state index < -0.39 is 0 Å². The lowest BCUT2D eigenvalue weighted by molar-refractivity contribution is 0.201. The van der Waals surface area contributed by atoms with Crippen LogP contribution in [0.2, 0.25) is 0 Å². The van der Waals surface area contributed by atoms with E-state index in [0.717, 1.165) is 30.7 Å². The van der Waals surface area contributed by atoms with Crippen LogP contribution in [-0.2, 0) is 13.6 Å². The van der Waals surface area contributed by atoms with Gasteiger partial charge in [0, 0.05) is 13.6 Å². The van der Waals surface area contributed by atoms with Crippen LogP contribution in [0.25, 0.3) is 0 Å². The summed E-state index contributed by atoms with van der Waals surface area (Å²) in [5.74, 6) is 2.90. The van der Waals surface area contributed by atoms with Crippen molar-refractivity contribution in [3.05, 3.63) is 11.6 Å². The molecule has 0 unspecified atom stereocenters. The Morgan fingerprint density at radius 3 is 2.61 bits per heavy atom. The summed E-state index contributed by atoms with van der Waals surface area (Å²) in [6, 6.07) is 0. The molecule has 5 nitrogen and oxygen atoms in total. The van der Waals surface area contributed by atoms with Gasteiger partial charge >= 0.3 is 0 Å². The molecular formula is C13H25N5. The molecular weight excluding hydrogens is 226 g/mol. The predicted molar refractivity (Wildman–Crippen MR) is 72.3 cm³/mol. The van der Waals surface area contributed by atoms with E-state index in [4.69, 9.17) is 0 Å². The van der Waals surface area contributed by atoms with Gasteiger partial charge < -0.3 is 9.88 Å². The van der Waals surface area contributed by atoms with Gasteiger partial charge in [0.25, 0.3) is 0 Å². The van der Waals surface area contributed by atoms with Crippen molar-refractivity contribution in [2.24, 2.45) is 13.0 Å². The van der Waals surface area contributed by atoms with Gasteiger partial charge in [-0.2, -0.15) is 0 Å². The number of aromatic nitrogens is 3. The van der Waals surface area contributed by atoms with E-state index in [1.807, 2.05) is 14.0 Å². The largest absolute Gasteiger partial charge is 0.317 e. The molecule has 0 aromatic carbocycles. The third-order valence-electron chi connectivity index (χ3n) is 3.97. The van der Waals surface area contributed by atoms with E-state index in [9.17, 15) is 0 Å². The summed E-state index contributed by atoms with van der Waals surface area (Å²) in [6.45, 7) is 9.75. The number of nitrogens with one attached hydrogen (secondary N) is 1. The molecule has 1 aliphatic heterocycles. The van der Waals surface area contributed by atoms with Crippen LogP contribution in [0.15, 0.2) is 0 Å². The number of aryl methyl sites for hydroxylation is 1. The quantitative estimate of drug-likeness (QED) is 0.846. The summed E-state index contributed by atoms with van der Waals surface area (Å²) in [4.78, 5) is 2.49. The van der Waals surface area contributed by atoms with Crippen LogP contribution in [0.1, 0.15) is 31.4 Å². The Morgan fingerprint density at radius 1 is 1.33 bits per heavy atom. The lowest BCUT2D eigenvalue weighted by Crippen LogP contribution is -2.36. The fourth-order valence-corrected chi connectivity index (χ4v) is 2.52. The van der Waals surface area contributed by atoms with Crippen molar-refractivity contribution in [1.82, 2.24) is 25.0 Å². The zero-order valence-corrected chi connectivity index (χ0v) is 11.8. The van der Waals surface area contributed by atoms with Gasteiger partial charge in [0.15, 0.2) is 0 Å². The van der Waals surface area contributed by atoms with Crippen LogP contribution >= 0.6 is 0 Å². The first-order valence-corrected chi connectivity index (χ1v) is 6.98. The fraction of sp³-hybridized carbons (Fsp3) is 0.846. The molecule has 5 heteroatoms. The first-order valence-electron chi connectivity index (χ1n) is 6.98. The number of hydrogen-bond donors (Lipinski definition) is 1. The zero-order chi connectivity index (χ0) is 13.0. The Bertz CT molecular complexity index is 367. The SMILES string of the molecule is CCN(Cc1nnc(C)n1C)CC1CCNCC1. The maximum absolute atomic E-state index is 4.26. The maximum Gasteiger partial charge on any atom is 0.146 e. The topological polar surface area (TPSA) is 46.0 Å². The highest BCUT2D eigenvalue weighted by molar-refractivity contribution is 4.92. The smallest absolute Gasteiger partial charge is 0.146 e. The molecule has 0 radical (unpaired) electrons. The standard InChI is InChI=1S/C13H25N5/c1-4-18(9-12-5-7-14-8-6-12)10-13-16-15-11(2)17(13)3/h12,14H,4-10H2,1-3H3. The first-order chi connectivity index (χ1) is 8.70. The minimum Gasteiger partial charge on any atom is -0.317 e. The average molecular weight is 251 g/mol. The van der Waals surface area contributed by atoms with Crippen LogP contribution in [0, 0.1) is 12.8 Å². The molecule has 2 rings (SSSR count). The Morgan fingerprint density at radius 2 is 2.06 bits per heavy atom. The maximum atomic E-state index is 4.26. The van der Waals surface area contributed by atoms with Gasteiger partial charge in [-0.1, -0.05) is 6.92 Å². The summed E-state index contributed by atoms with van der Waals surface area (Å²) in [6.07, 6.45) is 2.60. The van der Waals surface area contributed by atoms with E-state index in [-0.39, 0.29) is 0 Å². The van der Waals surface area contributed by atoms with Crippen molar-refractivity contribution >= 4 is 0 Å². The molecule has 0 bridgehead atoms. The van der Waals surface area contributed by atoms with Crippen LogP contribution in [0.5, 0.6) is 0 Å².